The van der Waals surface area contributed by atoms with Gasteiger partial charge in [0.1, 0.15) is 21.6 Å². The van der Waals surface area contributed by atoms with E-state index >= 15 is 0 Å². The van der Waals surface area contributed by atoms with Crippen LogP contribution in [0.1, 0.15) is 11.1 Å². The number of hydrogen-bond donors (Lipinski definition) is 0. The third-order valence-corrected chi connectivity index (χ3v) is 9.37. The molecule has 0 unspecified atom stereocenters. The lowest BCUT2D eigenvalue weighted by molar-refractivity contribution is 1.56. The van der Waals surface area contributed by atoms with Crippen LogP contribution < -0.4 is 15.9 Å². The van der Waals surface area contributed by atoms with Gasteiger partial charge in [-0.3, -0.25) is 0 Å². The maximum atomic E-state index is 5.79. The second kappa shape index (κ2) is 9.77. The molecule has 0 spiro atoms. The van der Waals surface area contributed by atoms with Gasteiger partial charge in [0.25, 0.3) is 0 Å². The second-order valence-corrected chi connectivity index (χ2v) is 10.8. The standard InChI is InChI=1S/C31H25NP/c1-6-16-26(17-7-1)31(27-18-8-2-9-19-27)32-33(28-20-10-3-11-21-28,29-22-12-4-13-23-29)30-24-14-5-15-25-30/h1-25H/q+1. The van der Waals surface area contributed by atoms with E-state index in [9.17, 15) is 0 Å². The highest BCUT2D eigenvalue weighted by atomic mass is 31.2. The Kier molecular flexibility index (Phi) is 6.24. The summed E-state index contributed by atoms with van der Waals surface area (Å²) in [4.78, 5) is 0. The number of hydrogen-bond acceptors (Lipinski definition) is 1. The Morgan fingerprint density at radius 1 is 0.364 bits per heavy atom. The monoisotopic (exact) mass is 442 g/mol. The minimum Gasteiger partial charge on any atom is -0.111 e. The SMILES string of the molecule is c1ccc(C(=N[P+](c2ccccc2)(c2ccccc2)c2ccccc2)c2ccccc2)cc1. The van der Waals surface area contributed by atoms with Gasteiger partial charge in [0.15, 0.2) is 0 Å². The average molecular weight is 443 g/mol. The van der Waals surface area contributed by atoms with E-state index in [1.54, 1.807) is 0 Å². The molecule has 33 heavy (non-hydrogen) atoms. The molecule has 2 heteroatoms. The molecule has 0 aliphatic carbocycles. The summed E-state index contributed by atoms with van der Waals surface area (Å²) in [6, 6.07) is 53.4. The molecule has 0 aromatic heterocycles. The molecule has 0 amide bonds. The van der Waals surface area contributed by atoms with Crippen LogP contribution in [0.3, 0.4) is 0 Å². The van der Waals surface area contributed by atoms with Crippen molar-refractivity contribution >= 4 is 29.0 Å². The largest absolute Gasteiger partial charge is 0.230 e. The molecule has 5 aromatic rings. The summed E-state index contributed by atoms with van der Waals surface area (Å²) < 4.78 is 5.79. The van der Waals surface area contributed by atoms with Crippen molar-refractivity contribution < 1.29 is 0 Å². The highest BCUT2D eigenvalue weighted by Crippen LogP contribution is 2.57. The molecule has 5 rings (SSSR count). The molecule has 0 heterocycles. The Bertz CT molecular complexity index is 1180. The van der Waals surface area contributed by atoms with Gasteiger partial charge in [0.2, 0.25) is 7.41 Å². The molecular weight excluding hydrogens is 417 g/mol. The van der Waals surface area contributed by atoms with Crippen molar-refractivity contribution in [2.45, 2.75) is 0 Å². The smallest absolute Gasteiger partial charge is 0.111 e. The average Bonchev–Trinajstić information content (AvgIpc) is 2.92. The molecule has 0 fully saturated rings. The van der Waals surface area contributed by atoms with Crippen LogP contribution in [0, 0.1) is 0 Å². The van der Waals surface area contributed by atoms with E-state index in [1.165, 1.54) is 15.9 Å². The van der Waals surface area contributed by atoms with E-state index in [2.05, 4.69) is 152 Å². The first-order valence-corrected chi connectivity index (χ1v) is 12.9. The molecule has 158 valence electrons. The molecule has 5 aromatic carbocycles. The molecule has 0 bridgehead atoms. The highest BCUT2D eigenvalue weighted by molar-refractivity contribution is 7.94. The zero-order valence-electron chi connectivity index (χ0n) is 18.3. The topological polar surface area (TPSA) is 12.4 Å². The van der Waals surface area contributed by atoms with Gasteiger partial charge < -0.3 is 0 Å². The quantitative estimate of drug-likeness (QED) is 0.212. The van der Waals surface area contributed by atoms with Crippen LogP contribution in [-0.2, 0) is 0 Å². The van der Waals surface area contributed by atoms with Crippen LogP contribution in [0.5, 0.6) is 0 Å². The Labute approximate surface area is 196 Å². The first-order valence-electron chi connectivity index (χ1n) is 11.1. The lowest BCUT2D eigenvalue weighted by Gasteiger charge is -2.23. The molecule has 0 aliphatic heterocycles. The molecule has 1 nitrogen and oxygen atoms in total. The lowest BCUT2D eigenvalue weighted by atomic mass is 10.0. The first kappa shape index (κ1) is 21.1. The van der Waals surface area contributed by atoms with E-state index in [0.29, 0.717) is 0 Å². The van der Waals surface area contributed by atoms with Gasteiger partial charge >= 0.3 is 0 Å². The van der Waals surface area contributed by atoms with Gasteiger partial charge in [-0.15, -0.1) is 4.76 Å². The van der Waals surface area contributed by atoms with Crippen LogP contribution in [0.4, 0.5) is 0 Å². The van der Waals surface area contributed by atoms with Crippen LogP contribution in [-0.4, -0.2) is 5.71 Å². The minimum atomic E-state index is -2.35. The maximum Gasteiger partial charge on any atom is 0.230 e. The van der Waals surface area contributed by atoms with Crippen molar-refractivity contribution in [2.24, 2.45) is 4.76 Å². The molecular formula is C31H25NP+. The van der Waals surface area contributed by atoms with Crippen molar-refractivity contribution in [3.63, 3.8) is 0 Å². The Hall–Kier alpha value is -3.80. The van der Waals surface area contributed by atoms with Crippen LogP contribution in [0.25, 0.3) is 0 Å². The Balaban J connectivity index is 1.90. The highest BCUT2D eigenvalue weighted by Gasteiger charge is 2.47. The molecule has 0 saturated carbocycles. The normalized spacial score (nSPS) is 11.0. The van der Waals surface area contributed by atoms with Gasteiger partial charge in [0.05, 0.1) is 0 Å². The Morgan fingerprint density at radius 3 is 0.939 bits per heavy atom. The molecule has 0 radical (unpaired) electrons. The van der Waals surface area contributed by atoms with Gasteiger partial charge in [-0.05, 0) is 36.4 Å². The summed E-state index contributed by atoms with van der Waals surface area (Å²) in [5.41, 5.74) is 3.26. The van der Waals surface area contributed by atoms with Crippen LogP contribution >= 0.6 is 7.41 Å². The summed E-state index contributed by atoms with van der Waals surface area (Å²) in [7, 11) is -2.35. The van der Waals surface area contributed by atoms with Crippen molar-refractivity contribution in [1.29, 1.82) is 0 Å². The number of benzene rings is 5. The molecule has 0 aliphatic rings. The van der Waals surface area contributed by atoms with Gasteiger partial charge in [-0.1, -0.05) is 115 Å². The summed E-state index contributed by atoms with van der Waals surface area (Å²) in [5, 5.41) is 3.73. The fraction of sp³-hybridized carbons (Fsp3) is 0. The molecule has 0 N–H and O–H groups in total. The van der Waals surface area contributed by atoms with Crippen molar-refractivity contribution in [3.8, 4) is 0 Å². The van der Waals surface area contributed by atoms with Gasteiger partial charge in [-0.2, -0.15) is 0 Å². The summed E-state index contributed by atoms with van der Waals surface area (Å²) in [5.74, 6) is 0. The predicted molar refractivity (Wildman–Crippen MR) is 144 cm³/mol. The third-order valence-electron chi connectivity index (χ3n) is 5.73. The second-order valence-electron chi connectivity index (χ2n) is 7.82. The van der Waals surface area contributed by atoms with Crippen molar-refractivity contribution in [3.05, 3.63) is 163 Å². The van der Waals surface area contributed by atoms with Gasteiger partial charge in [0, 0.05) is 11.1 Å². The van der Waals surface area contributed by atoms with Crippen LogP contribution in [0.2, 0.25) is 0 Å². The minimum absolute atomic E-state index is 1.01. The molecule has 0 saturated heterocycles. The fourth-order valence-electron chi connectivity index (χ4n) is 4.18. The van der Waals surface area contributed by atoms with E-state index in [-0.39, 0.29) is 0 Å². The van der Waals surface area contributed by atoms with Crippen molar-refractivity contribution in [1.82, 2.24) is 0 Å². The van der Waals surface area contributed by atoms with Gasteiger partial charge in [-0.25, -0.2) is 0 Å². The first-order chi connectivity index (χ1) is 16.4. The summed E-state index contributed by atoms with van der Waals surface area (Å²) in [6.45, 7) is 0. The van der Waals surface area contributed by atoms with E-state index < -0.39 is 7.41 Å². The zero-order chi connectivity index (χ0) is 22.3. The summed E-state index contributed by atoms with van der Waals surface area (Å²) >= 11 is 0. The van der Waals surface area contributed by atoms with Crippen molar-refractivity contribution in [2.75, 3.05) is 0 Å². The Morgan fingerprint density at radius 2 is 0.636 bits per heavy atom. The summed E-state index contributed by atoms with van der Waals surface area (Å²) in [6.07, 6.45) is 0. The van der Waals surface area contributed by atoms with E-state index in [0.717, 1.165) is 16.8 Å². The predicted octanol–water partition coefficient (Wildman–Crippen LogP) is 6.43. The molecule has 0 atom stereocenters. The number of rotatable bonds is 6. The van der Waals surface area contributed by atoms with Crippen LogP contribution in [0.15, 0.2) is 156 Å². The zero-order valence-corrected chi connectivity index (χ0v) is 19.2. The van der Waals surface area contributed by atoms with E-state index in [1.807, 2.05) is 0 Å². The number of nitrogens with zero attached hydrogens (tertiary/aromatic N) is 1. The fourth-order valence-corrected chi connectivity index (χ4v) is 7.76. The third kappa shape index (κ3) is 4.29. The lowest BCUT2D eigenvalue weighted by Crippen LogP contribution is -2.30. The maximum absolute atomic E-state index is 5.79. The van der Waals surface area contributed by atoms with E-state index in [4.69, 9.17) is 4.76 Å².